The molecule has 4 nitrogen and oxygen atoms in total. The molecule has 0 spiro atoms. The summed E-state index contributed by atoms with van der Waals surface area (Å²) < 4.78 is 2.68. The van der Waals surface area contributed by atoms with Crippen LogP contribution in [0.4, 0.5) is 11.5 Å². The third kappa shape index (κ3) is 2.56. The molecule has 92 valence electrons. The number of nitrogens with two attached hydrogens (primary N) is 1. The van der Waals surface area contributed by atoms with Gasteiger partial charge in [-0.3, -0.25) is 0 Å². The molecule has 0 unspecified atom stereocenters. The molecule has 2 aromatic rings. The van der Waals surface area contributed by atoms with Gasteiger partial charge in [0.1, 0.15) is 5.82 Å². The van der Waals surface area contributed by atoms with Gasteiger partial charge in [0.2, 0.25) is 0 Å². The maximum Gasteiger partial charge on any atom is 0.148 e. The van der Waals surface area contributed by atoms with Crippen molar-refractivity contribution in [3.05, 3.63) is 27.0 Å². The highest BCUT2D eigenvalue weighted by atomic mass is 35.5. The van der Waals surface area contributed by atoms with Gasteiger partial charge in [0.25, 0.3) is 0 Å². The lowest BCUT2D eigenvalue weighted by molar-refractivity contribution is 0.658. The first-order chi connectivity index (χ1) is 8.11. The molecule has 0 amide bonds. The van der Waals surface area contributed by atoms with Crippen molar-refractivity contribution in [1.82, 2.24) is 9.78 Å². The van der Waals surface area contributed by atoms with Gasteiger partial charge in [-0.1, -0.05) is 11.6 Å². The third-order valence-electron chi connectivity index (χ3n) is 2.53. The van der Waals surface area contributed by atoms with E-state index >= 15 is 0 Å². The van der Waals surface area contributed by atoms with E-state index in [0.717, 1.165) is 28.1 Å². The number of nitrogen functional groups attached to an aromatic ring is 1. The van der Waals surface area contributed by atoms with Crippen molar-refractivity contribution in [2.75, 3.05) is 11.1 Å². The van der Waals surface area contributed by atoms with E-state index in [2.05, 4.69) is 10.4 Å². The van der Waals surface area contributed by atoms with Crippen LogP contribution in [-0.2, 0) is 13.1 Å². The molecule has 2 heterocycles. The smallest absolute Gasteiger partial charge is 0.148 e. The van der Waals surface area contributed by atoms with Gasteiger partial charge >= 0.3 is 0 Å². The number of halogens is 1. The summed E-state index contributed by atoms with van der Waals surface area (Å²) in [5, 5.41) is 7.66. The van der Waals surface area contributed by atoms with E-state index in [1.165, 1.54) is 4.88 Å². The van der Waals surface area contributed by atoms with Gasteiger partial charge in [-0.15, -0.1) is 11.3 Å². The molecule has 6 heteroatoms. The zero-order chi connectivity index (χ0) is 12.4. The number of anilines is 2. The molecular formula is C11H15ClN4S. The van der Waals surface area contributed by atoms with Crippen LogP contribution in [0, 0.1) is 6.92 Å². The van der Waals surface area contributed by atoms with Crippen molar-refractivity contribution in [1.29, 1.82) is 0 Å². The highest BCUT2D eigenvalue weighted by molar-refractivity contribution is 7.16. The molecule has 2 aromatic heterocycles. The van der Waals surface area contributed by atoms with Gasteiger partial charge in [-0.05, 0) is 26.0 Å². The molecule has 0 aliphatic heterocycles. The normalized spacial score (nSPS) is 10.8. The van der Waals surface area contributed by atoms with E-state index in [0.29, 0.717) is 6.54 Å². The summed E-state index contributed by atoms with van der Waals surface area (Å²) in [5.41, 5.74) is 7.56. The standard InChI is InChI=1S/C11H15ClN4S/c1-3-16-11(10(13)7(2)15-16)14-6-8-4-5-9(12)17-8/h4-5,14H,3,6,13H2,1-2H3. The van der Waals surface area contributed by atoms with Crippen molar-refractivity contribution in [3.63, 3.8) is 0 Å². The fourth-order valence-corrected chi connectivity index (χ4v) is 2.66. The quantitative estimate of drug-likeness (QED) is 0.897. The second-order valence-electron chi connectivity index (χ2n) is 3.72. The molecule has 0 aromatic carbocycles. The van der Waals surface area contributed by atoms with Gasteiger partial charge in [-0.2, -0.15) is 5.10 Å². The van der Waals surface area contributed by atoms with E-state index in [4.69, 9.17) is 17.3 Å². The number of aromatic nitrogens is 2. The molecule has 0 radical (unpaired) electrons. The minimum absolute atomic E-state index is 0.715. The molecule has 17 heavy (non-hydrogen) atoms. The maximum absolute atomic E-state index is 5.98. The second-order valence-corrected chi connectivity index (χ2v) is 5.52. The van der Waals surface area contributed by atoms with E-state index in [9.17, 15) is 0 Å². The van der Waals surface area contributed by atoms with Gasteiger partial charge in [0.15, 0.2) is 0 Å². The zero-order valence-electron chi connectivity index (χ0n) is 9.83. The van der Waals surface area contributed by atoms with Crippen molar-refractivity contribution in [3.8, 4) is 0 Å². The lowest BCUT2D eigenvalue weighted by Crippen LogP contribution is -2.07. The summed E-state index contributed by atoms with van der Waals surface area (Å²) >= 11 is 7.45. The maximum atomic E-state index is 5.98. The van der Waals surface area contributed by atoms with Crippen LogP contribution >= 0.6 is 22.9 Å². The Bertz CT molecular complexity index is 518. The Hall–Kier alpha value is -1.20. The number of aryl methyl sites for hydroxylation is 2. The number of rotatable bonds is 4. The Kier molecular flexibility index (Phi) is 3.59. The number of nitrogens with one attached hydrogen (secondary N) is 1. The van der Waals surface area contributed by atoms with Crippen LogP contribution in [0.3, 0.4) is 0 Å². The zero-order valence-corrected chi connectivity index (χ0v) is 11.4. The monoisotopic (exact) mass is 270 g/mol. The fourth-order valence-electron chi connectivity index (χ4n) is 1.63. The second kappa shape index (κ2) is 4.98. The van der Waals surface area contributed by atoms with Gasteiger partial charge < -0.3 is 11.1 Å². The van der Waals surface area contributed by atoms with Crippen molar-refractivity contribution >= 4 is 34.4 Å². The van der Waals surface area contributed by atoms with Gasteiger partial charge in [0.05, 0.1) is 22.3 Å². The van der Waals surface area contributed by atoms with Crippen LogP contribution in [-0.4, -0.2) is 9.78 Å². The summed E-state index contributed by atoms with van der Waals surface area (Å²) in [4.78, 5) is 1.18. The van der Waals surface area contributed by atoms with Gasteiger partial charge in [0, 0.05) is 11.4 Å². The highest BCUT2D eigenvalue weighted by Crippen LogP contribution is 2.25. The first kappa shape index (κ1) is 12.3. The molecule has 0 aliphatic carbocycles. The van der Waals surface area contributed by atoms with E-state index < -0.39 is 0 Å². The number of hydrogen-bond acceptors (Lipinski definition) is 4. The van der Waals surface area contributed by atoms with Crippen molar-refractivity contribution in [2.45, 2.75) is 26.9 Å². The van der Waals surface area contributed by atoms with E-state index in [1.54, 1.807) is 11.3 Å². The molecule has 0 saturated heterocycles. The Morgan fingerprint density at radius 2 is 2.29 bits per heavy atom. The Morgan fingerprint density at radius 3 is 2.88 bits per heavy atom. The van der Waals surface area contributed by atoms with Crippen LogP contribution in [0.5, 0.6) is 0 Å². The van der Waals surface area contributed by atoms with Crippen molar-refractivity contribution in [2.24, 2.45) is 0 Å². The molecule has 3 N–H and O–H groups in total. The highest BCUT2D eigenvalue weighted by Gasteiger charge is 2.11. The third-order valence-corrected chi connectivity index (χ3v) is 3.76. The minimum Gasteiger partial charge on any atom is -0.394 e. The number of hydrogen-bond donors (Lipinski definition) is 2. The number of thiophene rings is 1. The predicted octanol–water partition coefficient (Wildman–Crippen LogP) is 3.12. The molecular weight excluding hydrogens is 256 g/mol. The first-order valence-electron chi connectivity index (χ1n) is 5.42. The molecule has 0 saturated carbocycles. The largest absolute Gasteiger partial charge is 0.394 e. The van der Waals surface area contributed by atoms with Crippen LogP contribution in [0.1, 0.15) is 17.5 Å². The van der Waals surface area contributed by atoms with Crippen LogP contribution in [0.2, 0.25) is 4.34 Å². The lowest BCUT2D eigenvalue weighted by Gasteiger charge is -2.07. The first-order valence-corrected chi connectivity index (χ1v) is 6.62. The van der Waals surface area contributed by atoms with Crippen molar-refractivity contribution < 1.29 is 0 Å². The fraction of sp³-hybridized carbons (Fsp3) is 0.364. The summed E-state index contributed by atoms with van der Waals surface area (Å²) in [5.74, 6) is 0.884. The van der Waals surface area contributed by atoms with Gasteiger partial charge in [-0.25, -0.2) is 4.68 Å². The predicted molar refractivity (Wildman–Crippen MR) is 73.7 cm³/mol. The summed E-state index contributed by atoms with van der Waals surface area (Å²) in [6.07, 6.45) is 0. The molecule has 0 atom stereocenters. The molecule has 2 rings (SSSR count). The topological polar surface area (TPSA) is 55.9 Å². The average Bonchev–Trinajstić information content (AvgIpc) is 2.83. The minimum atomic E-state index is 0.715. The Balaban J connectivity index is 2.13. The SMILES string of the molecule is CCn1nc(C)c(N)c1NCc1ccc(Cl)s1. The number of nitrogens with zero attached hydrogens (tertiary/aromatic N) is 2. The Labute approximate surface area is 109 Å². The molecule has 0 aliphatic rings. The Morgan fingerprint density at radius 1 is 1.53 bits per heavy atom. The van der Waals surface area contributed by atoms with Crippen LogP contribution < -0.4 is 11.1 Å². The summed E-state index contributed by atoms with van der Waals surface area (Å²) in [6, 6.07) is 3.91. The van der Waals surface area contributed by atoms with E-state index in [-0.39, 0.29) is 0 Å². The molecule has 0 bridgehead atoms. The lowest BCUT2D eigenvalue weighted by atomic mass is 10.4. The van der Waals surface area contributed by atoms with E-state index in [1.807, 2.05) is 30.7 Å². The summed E-state index contributed by atoms with van der Waals surface area (Å²) in [7, 11) is 0. The summed E-state index contributed by atoms with van der Waals surface area (Å²) in [6.45, 7) is 5.46. The van der Waals surface area contributed by atoms with Crippen LogP contribution in [0.15, 0.2) is 12.1 Å². The average molecular weight is 271 g/mol. The molecule has 0 fully saturated rings. The van der Waals surface area contributed by atoms with Crippen LogP contribution in [0.25, 0.3) is 0 Å².